The number of hydrogen-bond acceptors (Lipinski definition) is 4. The van der Waals surface area contributed by atoms with Gasteiger partial charge in [-0.1, -0.05) is 17.7 Å². The van der Waals surface area contributed by atoms with Gasteiger partial charge >= 0.3 is 0 Å². The summed E-state index contributed by atoms with van der Waals surface area (Å²) >= 11 is 5.83. The highest BCUT2D eigenvalue weighted by Gasteiger charge is 2.29. The minimum Gasteiger partial charge on any atom is -0.373 e. The smallest absolute Gasteiger partial charge is 0.240 e. The first-order valence-electron chi connectivity index (χ1n) is 8.18. The highest BCUT2D eigenvalue weighted by atomic mass is 35.5. The van der Waals surface area contributed by atoms with E-state index in [9.17, 15) is 8.42 Å². The Hall–Kier alpha value is -1.35. The van der Waals surface area contributed by atoms with Crippen LogP contribution in [0.25, 0.3) is 0 Å². The summed E-state index contributed by atoms with van der Waals surface area (Å²) in [4.78, 5) is 4.28. The minimum atomic E-state index is -3.58. The molecule has 9 heteroatoms. The third kappa shape index (κ3) is 6.14. The average Bonchev–Trinajstić information content (AvgIpc) is 3.01. The summed E-state index contributed by atoms with van der Waals surface area (Å²) < 4.78 is 32.6. The van der Waals surface area contributed by atoms with E-state index in [-0.39, 0.29) is 17.0 Å². The molecule has 1 heterocycles. The second-order valence-corrected chi connectivity index (χ2v) is 8.31. The molecule has 1 unspecified atom stereocenters. The molecule has 140 valence electrons. The van der Waals surface area contributed by atoms with Crippen LogP contribution in [-0.4, -0.2) is 53.3 Å². The third-order valence-electron chi connectivity index (χ3n) is 3.97. The van der Waals surface area contributed by atoms with E-state index in [0.717, 1.165) is 19.4 Å². The highest BCUT2D eigenvalue weighted by Crippen LogP contribution is 2.23. The molecule has 1 aliphatic rings. The van der Waals surface area contributed by atoms with E-state index in [4.69, 9.17) is 16.3 Å². The molecule has 1 aromatic carbocycles. The lowest BCUT2D eigenvalue weighted by Crippen LogP contribution is -2.47. The van der Waals surface area contributed by atoms with Gasteiger partial charge in [-0.25, -0.2) is 13.1 Å². The van der Waals surface area contributed by atoms with Crippen molar-refractivity contribution in [3.8, 4) is 0 Å². The molecule has 0 saturated carbocycles. The molecule has 0 radical (unpaired) electrons. The Balaban J connectivity index is 1.75. The van der Waals surface area contributed by atoms with Gasteiger partial charge in [0, 0.05) is 38.3 Å². The molecule has 1 fully saturated rings. The summed E-state index contributed by atoms with van der Waals surface area (Å²) in [5, 5.41) is 6.67. The zero-order valence-electron chi connectivity index (χ0n) is 14.5. The number of ether oxygens (including phenoxy) is 1. The van der Waals surface area contributed by atoms with E-state index < -0.39 is 10.0 Å². The summed E-state index contributed by atoms with van der Waals surface area (Å²) in [6, 6.07) is 6.16. The van der Waals surface area contributed by atoms with Crippen molar-refractivity contribution in [2.24, 2.45) is 4.99 Å². The quantitative estimate of drug-likeness (QED) is 0.372. The number of sulfonamides is 1. The molecule has 3 N–H and O–H groups in total. The number of hydrogen-bond donors (Lipinski definition) is 3. The number of benzene rings is 1. The van der Waals surface area contributed by atoms with Crippen LogP contribution in [-0.2, 0) is 14.8 Å². The molecule has 0 spiro atoms. The minimum absolute atomic E-state index is 0.147. The second kappa shape index (κ2) is 8.84. The molecule has 0 bridgehead atoms. The number of nitrogens with one attached hydrogen (secondary N) is 3. The molecule has 2 rings (SSSR count). The van der Waals surface area contributed by atoms with Crippen LogP contribution < -0.4 is 15.4 Å². The third-order valence-corrected chi connectivity index (χ3v) is 5.66. The Labute approximate surface area is 154 Å². The van der Waals surface area contributed by atoms with Crippen molar-refractivity contribution in [2.45, 2.75) is 30.3 Å². The van der Waals surface area contributed by atoms with Crippen LogP contribution in [0, 0.1) is 0 Å². The van der Waals surface area contributed by atoms with Gasteiger partial charge in [-0.2, -0.15) is 0 Å². The van der Waals surface area contributed by atoms with Gasteiger partial charge in [0.1, 0.15) is 0 Å². The standard InChI is InChI=1S/C16H25ClN4O3S/c1-16(7-4-10-24-16)12-20-15(18-2)19-8-9-21-25(22,23)14-6-3-5-13(17)11-14/h3,5-6,11,21H,4,7-10,12H2,1-2H3,(H2,18,19,20). The van der Waals surface area contributed by atoms with Crippen molar-refractivity contribution in [1.29, 1.82) is 0 Å². The van der Waals surface area contributed by atoms with E-state index >= 15 is 0 Å². The van der Waals surface area contributed by atoms with Gasteiger partial charge in [-0.3, -0.25) is 4.99 Å². The number of halogens is 1. The van der Waals surface area contributed by atoms with Crippen LogP contribution >= 0.6 is 11.6 Å². The van der Waals surface area contributed by atoms with Crippen LogP contribution in [0.2, 0.25) is 5.02 Å². The number of aliphatic imine (C=N–C) groups is 1. The SMILES string of the molecule is CN=C(NCCNS(=O)(=O)c1cccc(Cl)c1)NCC1(C)CCCO1. The van der Waals surface area contributed by atoms with Gasteiger partial charge in [0.15, 0.2) is 5.96 Å². The Kier molecular flexibility index (Phi) is 7.06. The fourth-order valence-electron chi connectivity index (χ4n) is 2.55. The fourth-order valence-corrected chi connectivity index (χ4v) is 3.88. The van der Waals surface area contributed by atoms with Crippen molar-refractivity contribution in [1.82, 2.24) is 15.4 Å². The molecule has 1 aliphatic heterocycles. The van der Waals surface area contributed by atoms with E-state index in [1.807, 2.05) is 0 Å². The van der Waals surface area contributed by atoms with E-state index in [1.54, 1.807) is 19.2 Å². The first-order valence-corrected chi connectivity index (χ1v) is 10.0. The number of nitrogens with zero attached hydrogens (tertiary/aromatic N) is 1. The molecule has 7 nitrogen and oxygen atoms in total. The normalized spacial score (nSPS) is 21.3. The Morgan fingerprint density at radius 3 is 2.80 bits per heavy atom. The maximum Gasteiger partial charge on any atom is 0.240 e. The summed E-state index contributed by atoms with van der Waals surface area (Å²) in [5.74, 6) is 0.610. The Morgan fingerprint density at radius 2 is 2.16 bits per heavy atom. The molecule has 0 amide bonds. The predicted molar refractivity (Wildman–Crippen MR) is 99.6 cm³/mol. The summed E-state index contributed by atoms with van der Waals surface area (Å²) in [5.41, 5.74) is -0.175. The monoisotopic (exact) mass is 388 g/mol. The van der Waals surface area contributed by atoms with Crippen LogP contribution in [0.1, 0.15) is 19.8 Å². The fraction of sp³-hybridized carbons (Fsp3) is 0.562. The van der Waals surface area contributed by atoms with Crippen molar-refractivity contribution in [3.05, 3.63) is 29.3 Å². The lowest BCUT2D eigenvalue weighted by Gasteiger charge is -2.24. The van der Waals surface area contributed by atoms with Gasteiger partial charge in [-0.15, -0.1) is 0 Å². The molecule has 1 aromatic rings. The highest BCUT2D eigenvalue weighted by molar-refractivity contribution is 7.89. The molecular formula is C16H25ClN4O3S. The van der Waals surface area contributed by atoms with Crippen molar-refractivity contribution < 1.29 is 13.2 Å². The summed E-state index contributed by atoms with van der Waals surface area (Å²) in [7, 11) is -1.91. The Morgan fingerprint density at radius 1 is 1.36 bits per heavy atom. The lowest BCUT2D eigenvalue weighted by atomic mass is 10.0. The van der Waals surface area contributed by atoms with Crippen molar-refractivity contribution in [3.63, 3.8) is 0 Å². The van der Waals surface area contributed by atoms with Crippen LogP contribution in [0.4, 0.5) is 0 Å². The predicted octanol–water partition coefficient (Wildman–Crippen LogP) is 1.35. The summed E-state index contributed by atoms with van der Waals surface area (Å²) in [6.07, 6.45) is 2.08. The van der Waals surface area contributed by atoms with Gasteiger partial charge in [0.05, 0.1) is 10.5 Å². The molecule has 1 atom stereocenters. The van der Waals surface area contributed by atoms with Crippen molar-refractivity contribution >= 4 is 27.6 Å². The van der Waals surface area contributed by atoms with Crippen molar-refractivity contribution in [2.75, 3.05) is 33.3 Å². The van der Waals surface area contributed by atoms with Gasteiger partial charge in [0.2, 0.25) is 10.0 Å². The maximum absolute atomic E-state index is 12.2. The number of rotatable bonds is 7. The van der Waals surface area contributed by atoms with E-state index in [1.165, 1.54) is 12.1 Å². The molecular weight excluding hydrogens is 364 g/mol. The first-order chi connectivity index (χ1) is 11.8. The van der Waals surface area contributed by atoms with Crippen LogP contribution in [0.15, 0.2) is 34.2 Å². The lowest BCUT2D eigenvalue weighted by molar-refractivity contribution is 0.0243. The molecule has 25 heavy (non-hydrogen) atoms. The Bertz CT molecular complexity index is 703. The van der Waals surface area contributed by atoms with Gasteiger partial charge < -0.3 is 15.4 Å². The molecule has 0 aliphatic carbocycles. The van der Waals surface area contributed by atoms with E-state index in [0.29, 0.717) is 24.1 Å². The van der Waals surface area contributed by atoms with Crippen LogP contribution in [0.5, 0.6) is 0 Å². The largest absolute Gasteiger partial charge is 0.373 e. The van der Waals surface area contributed by atoms with E-state index in [2.05, 4.69) is 27.3 Å². The zero-order chi connectivity index (χ0) is 18.3. The first kappa shape index (κ1) is 20.0. The molecule has 0 aromatic heterocycles. The van der Waals surface area contributed by atoms with Gasteiger partial charge in [0.25, 0.3) is 0 Å². The second-order valence-electron chi connectivity index (χ2n) is 6.11. The van der Waals surface area contributed by atoms with Gasteiger partial charge in [-0.05, 0) is 38.0 Å². The topological polar surface area (TPSA) is 91.8 Å². The zero-order valence-corrected chi connectivity index (χ0v) is 16.1. The summed E-state index contributed by atoms with van der Waals surface area (Å²) in [6.45, 7) is 4.14. The average molecular weight is 389 g/mol. The number of guanidine groups is 1. The van der Waals surface area contributed by atoms with Crippen LogP contribution in [0.3, 0.4) is 0 Å². The molecule has 1 saturated heterocycles. The maximum atomic E-state index is 12.2.